The molecule has 3 heteroatoms. The molecule has 0 aromatic heterocycles. The van der Waals surface area contributed by atoms with Gasteiger partial charge in [-0.05, 0) is 80.7 Å². The molecule has 0 unspecified atom stereocenters. The largest absolute Gasteiger partial charge is 0.297 e. The summed E-state index contributed by atoms with van der Waals surface area (Å²) < 4.78 is 13.7. The Kier molecular flexibility index (Phi) is 4.58. The van der Waals surface area contributed by atoms with Gasteiger partial charge in [0.25, 0.3) is 0 Å². The monoisotopic (exact) mass is 311 g/mol. The summed E-state index contributed by atoms with van der Waals surface area (Å²) in [5, 5.41) is 0. The van der Waals surface area contributed by atoms with Crippen LogP contribution in [0, 0.1) is 5.82 Å². The summed E-state index contributed by atoms with van der Waals surface area (Å²) in [5.74, 6) is -0.360. The number of benzene rings is 2. The van der Waals surface area contributed by atoms with Crippen molar-refractivity contribution in [3.63, 3.8) is 0 Å². The summed E-state index contributed by atoms with van der Waals surface area (Å²) in [7, 11) is 0. The molecule has 0 saturated carbocycles. The van der Waals surface area contributed by atoms with E-state index in [0.717, 1.165) is 18.7 Å². The lowest BCUT2D eigenvalue weighted by Gasteiger charge is -2.24. The normalized spacial score (nSPS) is 16.5. The van der Waals surface area contributed by atoms with Gasteiger partial charge in [-0.3, -0.25) is 9.69 Å². The number of likely N-dealkylation sites (tertiary alicyclic amines) is 1. The fraction of sp³-hybridized carbons (Fsp3) is 0.350. The molecule has 3 rings (SSSR count). The summed E-state index contributed by atoms with van der Waals surface area (Å²) in [6.45, 7) is 5.99. The zero-order valence-corrected chi connectivity index (χ0v) is 13.7. The molecule has 2 nitrogen and oxygen atoms in total. The minimum absolute atomic E-state index is 0.0435. The van der Waals surface area contributed by atoms with E-state index in [9.17, 15) is 9.18 Å². The van der Waals surface area contributed by atoms with E-state index in [2.05, 4.69) is 24.0 Å². The van der Waals surface area contributed by atoms with E-state index in [1.807, 2.05) is 12.1 Å². The van der Waals surface area contributed by atoms with Crippen LogP contribution in [0.5, 0.6) is 0 Å². The number of hydrogen-bond donors (Lipinski definition) is 0. The molecule has 0 bridgehead atoms. The van der Waals surface area contributed by atoms with Crippen molar-refractivity contribution in [1.82, 2.24) is 4.90 Å². The summed E-state index contributed by atoms with van der Waals surface area (Å²) in [4.78, 5) is 14.3. The lowest BCUT2D eigenvalue weighted by atomic mass is 9.94. The molecule has 120 valence electrons. The van der Waals surface area contributed by atoms with E-state index in [1.54, 1.807) is 6.07 Å². The second-order valence-corrected chi connectivity index (χ2v) is 6.29. The van der Waals surface area contributed by atoms with Gasteiger partial charge in [-0.2, -0.15) is 0 Å². The number of halogens is 1. The van der Waals surface area contributed by atoms with Crippen LogP contribution in [0.25, 0.3) is 11.1 Å². The van der Waals surface area contributed by atoms with Crippen molar-refractivity contribution >= 4 is 5.78 Å². The maximum absolute atomic E-state index is 13.7. The second kappa shape index (κ2) is 6.63. The Hall–Kier alpha value is -2.00. The maximum Gasteiger partial charge on any atom is 0.160 e. The number of ketones is 1. The molecule has 1 fully saturated rings. The first-order valence-corrected chi connectivity index (χ1v) is 8.21. The van der Waals surface area contributed by atoms with Crippen LogP contribution in [0.1, 0.15) is 48.7 Å². The zero-order valence-electron chi connectivity index (χ0n) is 13.7. The number of carbonyl (C=O) groups is 1. The molecule has 2 aromatic rings. The molecular formula is C20H22FNO. The van der Waals surface area contributed by atoms with Gasteiger partial charge in [0.05, 0.1) is 0 Å². The van der Waals surface area contributed by atoms with Gasteiger partial charge in [-0.15, -0.1) is 0 Å². The minimum atomic E-state index is -0.317. The maximum atomic E-state index is 13.7. The van der Waals surface area contributed by atoms with Crippen molar-refractivity contribution < 1.29 is 9.18 Å². The average Bonchev–Trinajstić information content (AvgIpc) is 3.08. The fourth-order valence-corrected chi connectivity index (χ4v) is 3.37. The molecule has 1 aliphatic rings. The Bertz CT molecular complexity index is 719. The van der Waals surface area contributed by atoms with Crippen molar-refractivity contribution in [1.29, 1.82) is 0 Å². The van der Waals surface area contributed by atoms with Crippen LogP contribution in [0.15, 0.2) is 42.5 Å². The van der Waals surface area contributed by atoms with Gasteiger partial charge in [0, 0.05) is 11.6 Å². The first kappa shape index (κ1) is 15.9. The van der Waals surface area contributed by atoms with Gasteiger partial charge in [-0.1, -0.05) is 18.2 Å². The number of nitrogens with zero attached hydrogens (tertiary/aromatic N) is 1. The SMILES string of the molecule is CC(=O)c1ccc(F)cc1-c1cccc([C@@H](C)N2CCCC2)c1. The smallest absolute Gasteiger partial charge is 0.160 e. The van der Waals surface area contributed by atoms with Gasteiger partial charge in [-0.25, -0.2) is 4.39 Å². The molecule has 0 aliphatic carbocycles. The van der Waals surface area contributed by atoms with E-state index in [-0.39, 0.29) is 11.6 Å². The summed E-state index contributed by atoms with van der Waals surface area (Å²) in [5.41, 5.74) is 3.35. The van der Waals surface area contributed by atoms with Crippen LogP contribution in [-0.4, -0.2) is 23.8 Å². The Morgan fingerprint density at radius 3 is 2.57 bits per heavy atom. The third-order valence-corrected chi connectivity index (χ3v) is 4.73. The number of rotatable bonds is 4. The third kappa shape index (κ3) is 3.35. The molecule has 2 aromatic carbocycles. The van der Waals surface area contributed by atoms with Crippen molar-refractivity contribution in [2.45, 2.75) is 32.7 Å². The van der Waals surface area contributed by atoms with Gasteiger partial charge < -0.3 is 0 Å². The molecule has 1 atom stereocenters. The van der Waals surface area contributed by atoms with E-state index in [4.69, 9.17) is 0 Å². The molecule has 23 heavy (non-hydrogen) atoms. The van der Waals surface area contributed by atoms with E-state index in [1.165, 1.54) is 37.5 Å². The van der Waals surface area contributed by atoms with E-state index < -0.39 is 0 Å². The van der Waals surface area contributed by atoms with Crippen LogP contribution in [0.2, 0.25) is 0 Å². The Balaban J connectivity index is 2.00. The summed E-state index contributed by atoms with van der Waals surface area (Å²) in [6, 6.07) is 12.8. The van der Waals surface area contributed by atoms with Gasteiger partial charge in [0.1, 0.15) is 5.82 Å². The Labute approximate surface area is 136 Å². The van der Waals surface area contributed by atoms with Crippen LogP contribution >= 0.6 is 0 Å². The topological polar surface area (TPSA) is 20.3 Å². The van der Waals surface area contributed by atoms with Crippen LogP contribution < -0.4 is 0 Å². The van der Waals surface area contributed by atoms with Gasteiger partial charge in [0.2, 0.25) is 0 Å². The molecule has 0 radical (unpaired) electrons. The average molecular weight is 311 g/mol. The van der Waals surface area contributed by atoms with Gasteiger partial charge in [0.15, 0.2) is 5.78 Å². The highest BCUT2D eigenvalue weighted by molar-refractivity contribution is 6.00. The highest BCUT2D eigenvalue weighted by Crippen LogP contribution is 2.30. The van der Waals surface area contributed by atoms with Crippen molar-refractivity contribution in [2.75, 3.05) is 13.1 Å². The predicted molar refractivity (Wildman–Crippen MR) is 91.1 cm³/mol. The van der Waals surface area contributed by atoms with Gasteiger partial charge >= 0.3 is 0 Å². The summed E-state index contributed by atoms with van der Waals surface area (Å²) >= 11 is 0. The number of hydrogen-bond acceptors (Lipinski definition) is 2. The third-order valence-electron chi connectivity index (χ3n) is 4.73. The molecule has 0 amide bonds. The Morgan fingerprint density at radius 2 is 1.87 bits per heavy atom. The van der Waals surface area contributed by atoms with Crippen molar-refractivity contribution in [2.24, 2.45) is 0 Å². The molecular weight excluding hydrogens is 289 g/mol. The molecule has 0 spiro atoms. The predicted octanol–water partition coefficient (Wildman–Crippen LogP) is 4.85. The van der Waals surface area contributed by atoms with E-state index in [0.29, 0.717) is 17.2 Å². The minimum Gasteiger partial charge on any atom is -0.297 e. The fourth-order valence-electron chi connectivity index (χ4n) is 3.37. The first-order valence-electron chi connectivity index (χ1n) is 8.21. The van der Waals surface area contributed by atoms with E-state index >= 15 is 0 Å². The molecule has 1 saturated heterocycles. The lowest BCUT2D eigenvalue weighted by Crippen LogP contribution is -2.23. The van der Waals surface area contributed by atoms with Crippen molar-refractivity contribution in [3.8, 4) is 11.1 Å². The Morgan fingerprint density at radius 1 is 1.13 bits per heavy atom. The van der Waals surface area contributed by atoms with Crippen molar-refractivity contribution in [3.05, 3.63) is 59.4 Å². The van der Waals surface area contributed by atoms with Crippen LogP contribution in [-0.2, 0) is 0 Å². The lowest BCUT2D eigenvalue weighted by molar-refractivity contribution is 0.101. The van der Waals surface area contributed by atoms with Crippen LogP contribution in [0.3, 0.4) is 0 Å². The molecule has 1 aliphatic heterocycles. The standard InChI is InChI=1S/C20H22FNO/c1-14(22-10-3-4-11-22)16-6-5-7-17(12-16)20-13-18(21)8-9-19(20)15(2)23/h5-9,12-14H,3-4,10-11H2,1-2H3/t14-/m1/s1. The second-order valence-electron chi connectivity index (χ2n) is 6.29. The highest BCUT2D eigenvalue weighted by Gasteiger charge is 2.20. The summed E-state index contributed by atoms with van der Waals surface area (Å²) in [6.07, 6.45) is 2.50. The quantitative estimate of drug-likeness (QED) is 0.752. The highest BCUT2D eigenvalue weighted by atomic mass is 19.1. The molecule has 0 N–H and O–H groups in total. The van der Waals surface area contributed by atoms with Crippen LogP contribution in [0.4, 0.5) is 4.39 Å². The zero-order chi connectivity index (χ0) is 16.4. The molecule has 1 heterocycles. The first-order chi connectivity index (χ1) is 11.1. The number of Topliss-reactive ketones (excluding diaryl/α,β-unsaturated/α-hetero) is 1. The number of carbonyl (C=O) groups excluding carboxylic acids is 1.